The van der Waals surface area contributed by atoms with Gasteiger partial charge < -0.3 is 5.32 Å². The van der Waals surface area contributed by atoms with Gasteiger partial charge in [-0.25, -0.2) is 14.6 Å². The third kappa shape index (κ3) is 2.31. The normalized spacial score (nSPS) is 12.2. The summed E-state index contributed by atoms with van der Waals surface area (Å²) in [7, 11) is 1.89. The molecular weight excluding hydrogens is 250 g/mol. The molecule has 20 heavy (non-hydrogen) atoms. The third-order valence-corrected chi connectivity index (χ3v) is 3.10. The minimum atomic E-state index is -0.0982. The number of hydrogen-bond donors (Lipinski definition) is 1. The first-order valence-corrected chi connectivity index (χ1v) is 6.43. The Morgan fingerprint density at radius 2 is 1.70 bits per heavy atom. The highest BCUT2D eigenvalue weighted by molar-refractivity contribution is 5.34. The summed E-state index contributed by atoms with van der Waals surface area (Å²) in [6.45, 7) is 0. The van der Waals surface area contributed by atoms with E-state index in [1.807, 2.05) is 54.2 Å². The van der Waals surface area contributed by atoms with Gasteiger partial charge in [-0.3, -0.25) is 0 Å². The summed E-state index contributed by atoms with van der Waals surface area (Å²) in [5.41, 5.74) is 2.02. The smallest absolute Gasteiger partial charge is 0.151 e. The molecule has 0 bridgehead atoms. The largest absolute Gasteiger partial charge is 0.305 e. The van der Waals surface area contributed by atoms with E-state index in [9.17, 15) is 0 Å². The Morgan fingerprint density at radius 1 is 0.950 bits per heavy atom. The number of hydrogen-bond acceptors (Lipinski definition) is 4. The molecule has 1 unspecified atom stereocenters. The Kier molecular flexibility index (Phi) is 3.52. The van der Waals surface area contributed by atoms with Crippen LogP contribution in [0.4, 0.5) is 0 Å². The van der Waals surface area contributed by atoms with Crippen LogP contribution in [-0.2, 0) is 0 Å². The number of para-hydroxylation sites is 1. The van der Waals surface area contributed by atoms with Crippen molar-refractivity contribution in [2.75, 3.05) is 7.05 Å². The van der Waals surface area contributed by atoms with Crippen molar-refractivity contribution in [2.45, 2.75) is 6.04 Å². The second kappa shape index (κ2) is 5.63. The molecule has 1 atom stereocenters. The van der Waals surface area contributed by atoms with Crippen LogP contribution >= 0.6 is 0 Å². The molecule has 100 valence electrons. The molecule has 2 aromatic heterocycles. The van der Waals surface area contributed by atoms with Crippen LogP contribution in [-0.4, -0.2) is 26.8 Å². The first-order valence-electron chi connectivity index (χ1n) is 6.43. The molecule has 0 fully saturated rings. The van der Waals surface area contributed by atoms with Crippen molar-refractivity contribution in [3.05, 3.63) is 72.6 Å². The molecule has 1 N–H and O–H groups in total. The Balaban J connectivity index is 2.04. The average Bonchev–Trinajstić information content (AvgIpc) is 2.99. The van der Waals surface area contributed by atoms with Crippen molar-refractivity contribution in [3.63, 3.8) is 0 Å². The van der Waals surface area contributed by atoms with Crippen molar-refractivity contribution < 1.29 is 0 Å². The maximum absolute atomic E-state index is 4.40. The minimum absolute atomic E-state index is 0.0982. The summed E-state index contributed by atoms with van der Waals surface area (Å²) in [5, 5.41) is 7.65. The number of rotatable bonds is 4. The van der Waals surface area contributed by atoms with Crippen LogP contribution in [0.25, 0.3) is 5.69 Å². The van der Waals surface area contributed by atoms with Gasteiger partial charge in [-0.15, -0.1) is 0 Å². The molecule has 5 heteroatoms. The van der Waals surface area contributed by atoms with Gasteiger partial charge in [0.2, 0.25) is 0 Å². The Bertz CT molecular complexity index is 663. The molecule has 0 radical (unpaired) electrons. The summed E-state index contributed by atoms with van der Waals surface area (Å²) in [5.74, 6) is 0.729. The quantitative estimate of drug-likeness (QED) is 0.783. The van der Waals surface area contributed by atoms with Crippen LogP contribution < -0.4 is 5.32 Å². The highest BCUT2D eigenvalue weighted by Gasteiger charge is 2.19. The fourth-order valence-corrected chi connectivity index (χ4v) is 2.19. The lowest BCUT2D eigenvalue weighted by Gasteiger charge is -2.16. The van der Waals surface area contributed by atoms with E-state index in [4.69, 9.17) is 0 Å². The van der Waals surface area contributed by atoms with Crippen LogP contribution in [0.2, 0.25) is 0 Å². The maximum atomic E-state index is 4.40. The van der Waals surface area contributed by atoms with Gasteiger partial charge in [-0.1, -0.05) is 18.2 Å². The highest BCUT2D eigenvalue weighted by atomic mass is 15.3. The van der Waals surface area contributed by atoms with Crippen molar-refractivity contribution in [1.82, 2.24) is 25.1 Å². The summed E-state index contributed by atoms with van der Waals surface area (Å²) in [4.78, 5) is 8.65. The minimum Gasteiger partial charge on any atom is -0.305 e. The van der Waals surface area contributed by atoms with Crippen LogP contribution in [0.3, 0.4) is 0 Å². The molecule has 3 rings (SSSR count). The van der Waals surface area contributed by atoms with E-state index in [0.29, 0.717) is 0 Å². The third-order valence-electron chi connectivity index (χ3n) is 3.10. The fraction of sp³-hybridized carbons (Fsp3) is 0.133. The summed E-state index contributed by atoms with van der Waals surface area (Å²) >= 11 is 0. The van der Waals surface area contributed by atoms with Crippen molar-refractivity contribution in [2.24, 2.45) is 0 Å². The molecule has 0 aliphatic carbocycles. The molecule has 5 nitrogen and oxygen atoms in total. The number of nitrogens with zero attached hydrogens (tertiary/aromatic N) is 4. The maximum Gasteiger partial charge on any atom is 0.151 e. The summed E-state index contributed by atoms with van der Waals surface area (Å²) in [6, 6.07) is 13.7. The summed E-state index contributed by atoms with van der Waals surface area (Å²) < 4.78 is 1.90. The highest BCUT2D eigenvalue weighted by Crippen LogP contribution is 2.20. The molecule has 0 aliphatic heterocycles. The standard InChI is InChI=1S/C15H15N5/c1-16-14(15-17-9-5-10-18-15)13-8-11-19-20(13)12-6-3-2-4-7-12/h2-11,14,16H,1H3. The van der Waals surface area contributed by atoms with Crippen LogP contribution in [0.15, 0.2) is 61.1 Å². The zero-order valence-electron chi connectivity index (χ0n) is 11.1. The first kappa shape index (κ1) is 12.5. The van der Waals surface area contributed by atoms with Gasteiger partial charge in [-0.2, -0.15) is 5.10 Å². The first-order chi connectivity index (χ1) is 9.90. The van der Waals surface area contributed by atoms with Crippen molar-refractivity contribution in [3.8, 4) is 5.69 Å². The Hall–Kier alpha value is -2.53. The van der Waals surface area contributed by atoms with Gasteiger partial charge in [0.15, 0.2) is 5.82 Å². The van der Waals surface area contributed by atoms with Gasteiger partial charge >= 0.3 is 0 Å². The van der Waals surface area contributed by atoms with Crippen molar-refractivity contribution in [1.29, 1.82) is 0 Å². The predicted molar refractivity (Wildman–Crippen MR) is 76.5 cm³/mol. The second-order valence-electron chi connectivity index (χ2n) is 4.33. The van der Waals surface area contributed by atoms with E-state index in [2.05, 4.69) is 20.4 Å². The molecule has 0 spiro atoms. The average molecular weight is 265 g/mol. The fourth-order valence-electron chi connectivity index (χ4n) is 2.19. The zero-order valence-corrected chi connectivity index (χ0v) is 11.1. The van der Waals surface area contributed by atoms with E-state index >= 15 is 0 Å². The topological polar surface area (TPSA) is 55.6 Å². The molecule has 0 aliphatic rings. The van der Waals surface area contributed by atoms with Crippen LogP contribution in [0, 0.1) is 0 Å². The van der Waals surface area contributed by atoms with Gasteiger partial charge in [0.1, 0.15) is 6.04 Å². The van der Waals surface area contributed by atoms with E-state index in [0.717, 1.165) is 17.2 Å². The van der Waals surface area contributed by atoms with Gasteiger partial charge in [0.05, 0.1) is 11.4 Å². The lowest BCUT2D eigenvalue weighted by molar-refractivity contribution is 0.603. The van der Waals surface area contributed by atoms with E-state index < -0.39 is 0 Å². The number of nitrogens with one attached hydrogen (secondary N) is 1. The van der Waals surface area contributed by atoms with E-state index in [1.165, 1.54) is 0 Å². The predicted octanol–water partition coefficient (Wildman–Crippen LogP) is 1.97. The lowest BCUT2D eigenvalue weighted by atomic mass is 10.2. The van der Waals surface area contributed by atoms with Gasteiger partial charge in [0, 0.05) is 18.6 Å². The Morgan fingerprint density at radius 3 is 2.40 bits per heavy atom. The van der Waals surface area contributed by atoms with Gasteiger partial charge in [0.25, 0.3) is 0 Å². The zero-order chi connectivity index (χ0) is 13.8. The molecule has 2 heterocycles. The van der Waals surface area contributed by atoms with Crippen LogP contribution in [0.5, 0.6) is 0 Å². The molecule has 1 aromatic carbocycles. The lowest BCUT2D eigenvalue weighted by Crippen LogP contribution is -2.23. The molecule has 0 saturated heterocycles. The monoisotopic (exact) mass is 265 g/mol. The SMILES string of the molecule is CNC(c1ncccn1)c1ccnn1-c1ccccc1. The number of benzene rings is 1. The van der Waals surface area contributed by atoms with E-state index in [-0.39, 0.29) is 6.04 Å². The van der Waals surface area contributed by atoms with Crippen molar-refractivity contribution >= 4 is 0 Å². The summed E-state index contributed by atoms with van der Waals surface area (Å²) in [6.07, 6.45) is 5.28. The Labute approximate surface area is 117 Å². The molecule has 0 saturated carbocycles. The molecular formula is C15H15N5. The van der Waals surface area contributed by atoms with Gasteiger partial charge in [-0.05, 0) is 31.3 Å². The molecule has 3 aromatic rings. The molecule has 0 amide bonds. The number of aromatic nitrogens is 4. The van der Waals surface area contributed by atoms with E-state index in [1.54, 1.807) is 18.6 Å². The van der Waals surface area contributed by atoms with Crippen LogP contribution in [0.1, 0.15) is 17.6 Å². The second-order valence-corrected chi connectivity index (χ2v) is 4.33.